The number of aliphatic carboxylic acids is 1. The summed E-state index contributed by atoms with van der Waals surface area (Å²) in [5, 5.41) is 24.2. The molecule has 1 heterocycles. The van der Waals surface area contributed by atoms with Crippen LogP contribution in [-0.2, 0) is 22.4 Å². The van der Waals surface area contributed by atoms with E-state index in [1.165, 1.54) is 0 Å². The molecule has 2 aliphatic carbocycles. The molecule has 5 rings (SSSR count). The quantitative estimate of drug-likeness (QED) is 0.357. The number of hydrogen-bond donors (Lipinski definition) is 2. The van der Waals surface area contributed by atoms with Gasteiger partial charge in [-0.15, -0.1) is 0 Å². The van der Waals surface area contributed by atoms with E-state index in [0.717, 1.165) is 11.1 Å². The molecule has 0 saturated heterocycles. The van der Waals surface area contributed by atoms with Crippen LogP contribution >= 0.6 is 0 Å². The summed E-state index contributed by atoms with van der Waals surface area (Å²) in [6.07, 6.45) is 1.74. The van der Waals surface area contributed by atoms with Gasteiger partial charge in [-0.05, 0) is 35.8 Å². The average Bonchev–Trinajstić information content (AvgIpc) is 3.35. The third-order valence-electron chi connectivity index (χ3n) is 7.47. The van der Waals surface area contributed by atoms with Gasteiger partial charge in [-0.1, -0.05) is 65.8 Å². The van der Waals surface area contributed by atoms with Crippen molar-refractivity contribution in [1.82, 2.24) is 5.16 Å². The van der Waals surface area contributed by atoms with E-state index in [2.05, 4.69) is 10.1 Å². The lowest BCUT2D eigenvalue weighted by Crippen LogP contribution is -2.25. The molecule has 3 aromatic rings. The lowest BCUT2D eigenvalue weighted by atomic mass is 9.80. The molecule has 2 aromatic carbocycles. The fourth-order valence-electron chi connectivity index (χ4n) is 5.56. The fraction of sp³-hybridized carbons (Fsp3) is 0.323. The van der Waals surface area contributed by atoms with E-state index in [0.29, 0.717) is 42.0 Å². The molecular weight excluding hydrogens is 496 g/mol. The van der Waals surface area contributed by atoms with E-state index in [1.807, 2.05) is 60.7 Å². The number of carbonyl (C=O) groups is 3. The van der Waals surface area contributed by atoms with Crippen LogP contribution in [-0.4, -0.2) is 45.2 Å². The molecule has 0 amide bonds. The van der Waals surface area contributed by atoms with E-state index in [4.69, 9.17) is 9.63 Å². The zero-order chi connectivity index (χ0) is 27.4. The van der Waals surface area contributed by atoms with E-state index >= 15 is 0 Å². The molecule has 39 heavy (non-hydrogen) atoms. The number of carboxylic acid groups (broad SMARTS) is 1. The van der Waals surface area contributed by atoms with Crippen molar-refractivity contribution in [2.24, 2.45) is 4.99 Å². The monoisotopic (exact) mass is 526 g/mol. The van der Waals surface area contributed by atoms with Crippen LogP contribution in [0.4, 0.5) is 0 Å². The van der Waals surface area contributed by atoms with Gasteiger partial charge in [0.1, 0.15) is 11.5 Å². The maximum absolute atomic E-state index is 13.2. The molecule has 0 fully saturated rings. The normalized spacial score (nSPS) is 19.7. The second-order valence-electron chi connectivity index (χ2n) is 10.1. The number of benzene rings is 2. The van der Waals surface area contributed by atoms with Gasteiger partial charge in [0, 0.05) is 37.9 Å². The first kappa shape index (κ1) is 26.3. The van der Waals surface area contributed by atoms with Gasteiger partial charge >= 0.3 is 5.97 Å². The third-order valence-corrected chi connectivity index (χ3v) is 7.47. The first-order valence-corrected chi connectivity index (χ1v) is 13.2. The number of allylic oxidation sites excluding steroid dienone is 2. The summed E-state index contributed by atoms with van der Waals surface area (Å²) in [5.74, 6) is -0.864. The highest BCUT2D eigenvalue weighted by atomic mass is 16.5. The van der Waals surface area contributed by atoms with Crippen LogP contribution in [0, 0.1) is 0 Å². The Morgan fingerprint density at radius 3 is 2.10 bits per heavy atom. The highest BCUT2D eigenvalue weighted by Gasteiger charge is 2.34. The smallest absolute Gasteiger partial charge is 0.305 e. The predicted molar refractivity (Wildman–Crippen MR) is 144 cm³/mol. The van der Waals surface area contributed by atoms with Crippen LogP contribution in [0.25, 0.3) is 0 Å². The maximum atomic E-state index is 13.2. The Morgan fingerprint density at radius 1 is 0.872 bits per heavy atom. The summed E-state index contributed by atoms with van der Waals surface area (Å²) < 4.78 is 5.59. The number of aliphatic hydroxyl groups is 1. The second kappa shape index (κ2) is 11.6. The molecule has 8 heteroatoms. The number of fused-ring (bicyclic) bond motifs is 1. The average molecular weight is 527 g/mol. The molecule has 200 valence electrons. The molecule has 1 aromatic heterocycles. The molecule has 0 saturated carbocycles. The number of hydrogen-bond acceptors (Lipinski definition) is 7. The Balaban J connectivity index is 1.36. The van der Waals surface area contributed by atoms with Gasteiger partial charge in [-0.3, -0.25) is 19.4 Å². The molecule has 0 aliphatic heterocycles. The lowest BCUT2D eigenvalue weighted by Gasteiger charge is -2.24. The SMILES string of the molecule is O=C(O)CCN=C(CCc1noc2c1C(=O)CC(c1ccccc1)C2)C1=C(O)CC(c2ccccc2)CC1=O. The van der Waals surface area contributed by atoms with Gasteiger partial charge in [0.25, 0.3) is 0 Å². The number of aliphatic imine (C=N–C) groups is 1. The van der Waals surface area contributed by atoms with Gasteiger partial charge in [0.05, 0.1) is 23.3 Å². The third kappa shape index (κ3) is 5.90. The number of aryl methyl sites for hydroxylation is 1. The highest BCUT2D eigenvalue weighted by Crippen LogP contribution is 2.36. The highest BCUT2D eigenvalue weighted by molar-refractivity contribution is 6.23. The van der Waals surface area contributed by atoms with Gasteiger partial charge in [0.2, 0.25) is 0 Å². The van der Waals surface area contributed by atoms with Crippen molar-refractivity contribution >= 4 is 23.2 Å². The van der Waals surface area contributed by atoms with Gasteiger partial charge in [-0.2, -0.15) is 0 Å². The zero-order valence-electron chi connectivity index (χ0n) is 21.5. The fourth-order valence-corrected chi connectivity index (χ4v) is 5.56. The van der Waals surface area contributed by atoms with Crippen LogP contribution in [0.1, 0.15) is 76.9 Å². The summed E-state index contributed by atoms with van der Waals surface area (Å²) in [7, 11) is 0. The molecule has 2 aliphatic rings. The summed E-state index contributed by atoms with van der Waals surface area (Å²) in [4.78, 5) is 41.9. The number of rotatable bonds is 9. The van der Waals surface area contributed by atoms with E-state index in [9.17, 15) is 19.5 Å². The standard InChI is InChI=1S/C31H30N2O6/c34-25-15-21(19-7-3-1-4-8-19)16-26(35)30(25)23(32-14-13-29(37)38)11-12-24-31-27(36)17-22(18-28(31)39-33-24)20-9-5-2-6-10-20/h1-10,21-22,34H,11-18H2,(H,37,38). The summed E-state index contributed by atoms with van der Waals surface area (Å²) in [6, 6.07) is 19.4. The summed E-state index contributed by atoms with van der Waals surface area (Å²) in [5.41, 5.74) is 3.53. The van der Waals surface area contributed by atoms with Crippen molar-refractivity contribution < 1.29 is 29.1 Å². The van der Waals surface area contributed by atoms with Crippen LogP contribution in [0.5, 0.6) is 0 Å². The van der Waals surface area contributed by atoms with Crippen LogP contribution < -0.4 is 0 Å². The van der Waals surface area contributed by atoms with Crippen molar-refractivity contribution in [1.29, 1.82) is 0 Å². The lowest BCUT2D eigenvalue weighted by molar-refractivity contribution is -0.136. The zero-order valence-corrected chi connectivity index (χ0v) is 21.5. The Morgan fingerprint density at radius 2 is 1.49 bits per heavy atom. The van der Waals surface area contributed by atoms with E-state index in [1.54, 1.807) is 0 Å². The largest absolute Gasteiger partial charge is 0.511 e. The molecular formula is C31H30N2O6. The topological polar surface area (TPSA) is 130 Å². The molecule has 0 radical (unpaired) electrons. The molecule has 2 N–H and O–H groups in total. The van der Waals surface area contributed by atoms with Crippen molar-refractivity contribution in [2.45, 2.75) is 56.8 Å². The first-order valence-electron chi connectivity index (χ1n) is 13.2. The minimum atomic E-state index is -1.00. The van der Waals surface area contributed by atoms with Gasteiger partial charge < -0.3 is 14.7 Å². The number of carbonyl (C=O) groups excluding carboxylic acids is 2. The van der Waals surface area contributed by atoms with Crippen molar-refractivity contribution in [3.8, 4) is 0 Å². The molecule has 2 unspecified atom stereocenters. The van der Waals surface area contributed by atoms with Crippen LogP contribution in [0.3, 0.4) is 0 Å². The second-order valence-corrected chi connectivity index (χ2v) is 10.1. The van der Waals surface area contributed by atoms with Crippen LogP contribution in [0.2, 0.25) is 0 Å². The molecule has 0 bridgehead atoms. The first-order chi connectivity index (χ1) is 18.9. The van der Waals surface area contributed by atoms with E-state index < -0.39 is 5.97 Å². The van der Waals surface area contributed by atoms with Crippen molar-refractivity contribution in [2.75, 3.05) is 6.54 Å². The molecule has 2 atom stereocenters. The number of Topliss-reactive ketones (excluding diaryl/α,β-unsaturated/α-hetero) is 2. The number of ketones is 2. The summed E-state index contributed by atoms with van der Waals surface area (Å²) >= 11 is 0. The van der Waals surface area contributed by atoms with Crippen molar-refractivity contribution in [3.05, 3.63) is 100 Å². The Hall–Kier alpha value is -4.33. The van der Waals surface area contributed by atoms with Gasteiger partial charge in [0.15, 0.2) is 11.6 Å². The Kier molecular flexibility index (Phi) is 7.81. The minimum absolute atomic E-state index is 0.0224. The molecule has 8 nitrogen and oxygen atoms in total. The number of aliphatic hydroxyl groups excluding tert-OH is 1. The van der Waals surface area contributed by atoms with E-state index in [-0.39, 0.29) is 67.0 Å². The predicted octanol–water partition coefficient (Wildman–Crippen LogP) is 5.39. The van der Waals surface area contributed by atoms with Gasteiger partial charge in [-0.25, -0.2) is 0 Å². The Bertz CT molecular complexity index is 1440. The molecule has 0 spiro atoms. The maximum Gasteiger partial charge on any atom is 0.305 e. The minimum Gasteiger partial charge on any atom is -0.511 e. The summed E-state index contributed by atoms with van der Waals surface area (Å²) in [6.45, 7) is -0.0224. The number of aromatic nitrogens is 1. The number of nitrogens with zero attached hydrogens (tertiary/aromatic N) is 2. The van der Waals surface area contributed by atoms with Crippen molar-refractivity contribution in [3.63, 3.8) is 0 Å². The van der Waals surface area contributed by atoms with Crippen LogP contribution in [0.15, 0.2) is 81.5 Å². The Labute approximate surface area is 226 Å². The number of carboxylic acids is 1.